The van der Waals surface area contributed by atoms with Crippen molar-refractivity contribution in [3.8, 4) is 0 Å². The van der Waals surface area contributed by atoms with E-state index in [-0.39, 0.29) is 29.0 Å². The number of rotatable bonds is 6. The highest BCUT2D eigenvalue weighted by atomic mass is 35.5. The maximum absolute atomic E-state index is 12.0. The molecule has 0 fully saturated rings. The molecule has 1 amide bonds. The van der Waals surface area contributed by atoms with Crippen LogP contribution in [0.1, 0.15) is 12.0 Å². The van der Waals surface area contributed by atoms with Gasteiger partial charge in [-0.1, -0.05) is 53.5 Å². The van der Waals surface area contributed by atoms with Gasteiger partial charge in [-0.25, -0.2) is 9.97 Å². The average Bonchev–Trinajstić information content (AvgIpc) is 2.58. The topological polar surface area (TPSA) is 107 Å². The van der Waals surface area contributed by atoms with Gasteiger partial charge in [0.1, 0.15) is 18.0 Å². The summed E-state index contributed by atoms with van der Waals surface area (Å²) in [5, 5.41) is 2.38. The zero-order chi connectivity index (χ0) is 17.5. The fraction of sp³-hybridized carbons (Fsp3) is 0.200. The molecule has 1 atom stereocenters. The largest absolute Gasteiger partial charge is 0.461 e. The minimum Gasteiger partial charge on any atom is -0.461 e. The second-order valence-corrected chi connectivity index (χ2v) is 5.51. The summed E-state index contributed by atoms with van der Waals surface area (Å²) in [6.07, 6.45) is 0.860. The molecule has 1 aromatic heterocycles. The molecular weight excluding hydrogens is 355 g/mol. The number of hydrogen-bond acceptors (Lipinski definition) is 6. The molecule has 0 saturated heterocycles. The van der Waals surface area contributed by atoms with Crippen molar-refractivity contribution in [2.75, 3.05) is 5.32 Å². The molecule has 2 rings (SSSR count). The fourth-order valence-electron chi connectivity index (χ4n) is 1.71. The molecule has 0 aliphatic carbocycles. The van der Waals surface area contributed by atoms with E-state index in [9.17, 15) is 9.59 Å². The maximum atomic E-state index is 12.0. The molecule has 0 unspecified atom stereocenters. The molecule has 1 heterocycles. The summed E-state index contributed by atoms with van der Waals surface area (Å²) in [5.41, 5.74) is 6.53. The summed E-state index contributed by atoms with van der Waals surface area (Å²) in [4.78, 5) is 31.2. The smallest absolute Gasteiger partial charge is 0.308 e. The Balaban J connectivity index is 1.84. The van der Waals surface area contributed by atoms with E-state index >= 15 is 0 Å². The lowest BCUT2D eigenvalue weighted by atomic mass is 10.2. The van der Waals surface area contributed by atoms with Gasteiger partial charge in [0.15, 0.2) is 11.0 Å². The Bertz CT molecular complexity index is 728. The van der Waals surface area contributed by atoms with E-state index in [2.05, 4.69) is 15.3 Å². The van der Waals surface area contributed by atoms with Crippen molar-refractivity contribution in [1.82, 2.24) is 9.97 Å². The quantitative estimate of drug-likeness (QED) is 0.597. The summed E-state index contributed by atoms with van der Waals surface area (Å²) in [7, 11) is 0. The molecule has 0 aliphatic rings. The minimum atomic E-state index is -1.11. The lowest BCUT2D eigenvalue weighted by molar-refractivity contribution is -0.146. The van der Waals surface area contributed by atoms with Crippen molar-refractivity contribution in [2.45, 2.75) is 19.1 Å². The summed E-state index contributed by atoms with van der Waals surface area (Å²) < 4.78 is 5.07. The molecule has 3 N–H and O–H groups in total. The third-order valence-corrected chi connectivity index (χ3v) is 3.70. The Labute approximate surface area is 148 Å². The molecule has 0 saturated carbocycles. The van der Waals surface area contributed by atoms with Crippen molar-refractivity contribution < 1.29 is 14.3 Å². The summed E-state index contributed by atoms with van der Waals surface area (Å²) >= 11 is 11.6. The monoisotopic (exact) mass is 368 g/mol. The first-order valence-electron chi connectivity index (χ1n) is 6.89. The number of nitrogens with zero attached hydrogens (tertiary/aromatic N) is 2. The predicted molar refractivity (Wildman–Crippen MR) is 89.5 cm³/mol. The molecule has 1 aromatic carbocycles. The number of carbonyl (C=O) groups is 2. The minimum absolute atomic E-state index is 0.00203. The van der Waals surface area contributed by atoms with Crippen LogP contribution in [0.4, 0.5) is 5.82 Å². The van der Waals surface area contributed by atoms with Crippen molar-refractivity contribution in [2.24, 2.45) is 5.73 Å². The third-order valence-electron chi connectivity index (χ3n) is 2.95. The van der Waals surface area contributed by atoms with Crippen molar-refractivity contribution >= 4 is 40.9 Å². The molecule has 2 aromatic rings. The van der Waals surface area contributed by atoms with Crippen LogP contribution in [0.15, 0.2) is 36.7 Å². The summed E-state index contributed by atoms with van der Waals surface area (Å²) in [5.74, 6) is -1.20. The van der Waals surface area contributed by atoms with Crippen LogP contribution in [0.3, 0.4) is 0 Å². The Morgan fingerprint density at radius 1 is 1.21 bits per heavy atom. The number of benzene rings is 1. The first kappa shape index (κ1) is 18.1. The fourth-order valence-corrected chi connectivity index (χ4v) is 1.99. The lowest BCUT2D eigenvalue weighted by Crippen LogP contribution is -2.38. The molecule has 24 heavy (non-hydrogen) atoms. The van der Waals surface area contributed by atoms with Gasteiger partial charge in [0, 0.05) is 0 Å². The Morgan fingerprint density at radius 2 is 1.92 bits per heavy atom. The van der Waals surface area contributed by atoms with E-state index in [1.165, 1.54) is 0 Å². The number of esters is 1. The number of carbonyl (C=O) groups excluding carboxylic acids is 2. The first-order valence-corrected chi connectivity index (χ1v) is 7.65. The van der Waals surface area contributed by atoms with E-state index in [1.807, 2.05) is 30.3 Å². The number of halogens is 2. The Kier molecular flexibility index (Phi) is 6.48. The van der Waals surface area contributed by atoms with Crippen molar-refractivity contribution in [3.05, 3.63) is 52.4 Å². The first-order chi connectivity index (χ1) is 11.5. The van der Waals surface area contributed by atoms with Crippen molar-refractivity contribution in [3.63, 3.8) is 0 Å². The molecule has 9 heteroatoms. The Hall–Kier alpha value is -2.22. The Morgan fingerprint density at radius 3 is 2.62 bits per heavy atom. The second-order valence-electron chi connectivity index (χ2n) is 4.77. The number of ether oxygens (including phenoxy) is 1. The number of anilines is 1. The zero-order valence-corrected chi connectivity index (χ0v) is 13.9. The van der Waals surface area contributed by atoms with Crippen LogP contribution in [-0.2, 0) is 20.9 Å². The van der Waals surface area contributed by atoms with Crippen molar-refractivity contribution in [1.29, 1.82) is 0 Å². The average molecular weight is 369 g/mol. The van der Waals surface area contributed by atoms with Crippen LogP contribution in [-0.4, -0.2) is 27.9 Å². The van der Waals surface area contributed by atoms with E-state index < -0.39 is 17.9 Å². The van der Waals surface area contributed by atoms with E-state index in [1.54, 1.807) is 0 Å². The SMILES string of the molecule is N[C@@H](CC(=O)OCc1ccccc1)C(=O)Nc1ncnc(Cl)c1Cl. The highest BCUT2D eigenvalue weighted by molar-refractivity contribution is 6.42. The standard InChI is InChI=1S/C15H14Cl2N4O3/c16-12-13(17)19-8-20-14(12)21-15(23)10(18)6-11(22)24-7-9-4-2-1-3-5-9/h1-5,8,10H,6-7,18H2,(H,19,20,21,23)/t10-/m0/s1. The summed E-state index contributed by atoms with van der Waals surface area (Å²) in [6, 6.07) is 8.05. The number of nitrogens with two attached hydrogens (primary N) is 1. The number of aromatic nitrogens is 2. The van der Waals surface area contributed by atoms with Gasteiger partial charge in [-0.3, -0.25) is 9.59 Å². The number of amides is 1. The normalized spacial score (nSPS) is 11.6. The molecule has 0 bridgehead atoms. The zero-order valence-electron chi connectivity index (χ0n) is 12.4. The second kappa shape index (κ2) is 8.58. The van der Waals surface area contributed by atoms with Gasteiger partial charge in [0.2, 0.25) is 5.91 Å². The van der Waals surface area contributed by atoms with E-state index in [0.717, 1.165) is 11.9 Å². The van der Waals surface area contributed by atoms with Gasteiger partial charge >= 0.3 is 5.97 Å². The molecule has 126 valence electrons. The highest BCUT2D eigenvalue weighted by Crippen LogP contribution is 2.25. The van der Waals surface area contributed by atoms with Gasteiger partial charge in [-0.15, -0.1) is 0 Å². The third kappa shape index (κ3) is 5.16. The van der Waals surface area contributed by atoms with Crippen LogP contribution < -0.4 is 11.1 Å². The van der Waals surface area contributed by atoms with Crippen LogP contribution in [0.25, 0.3) is 0 Å². The maximum Gasteiger partial charge on any atom is 0.308 e. The molecule has 0 radical (unpaired) electrons. The van der Waals surface area contributed by atoms with Crippen LogP contribution in [0, 0.1) is 0 Å². The van der Waals surface area contributed by atoms with Gasteiger partial charge in [-0.2, -0.15) is 0 Å². The van der Waals surface area contributed by atoms with Gasteiger partial charge in [0.05, 0.1) is 12.5 Å². The molecule has 7 nitrogen and oxygen atoms in total. The lowest BCUT2D eigenvalue weighted by Gasteiger charge is -2.12. The van der Waals surface area contributed by atoms with Crippen LogP contribution in [0.2, 0.25) is 10.2 Å². The summed E-state index contributed by atoms with van der Waals surface area (Å²) in [6.45, 7) is 0.112. The van der Waals surface area contributed by atoms with Crippen LogP contribution in [0.5, 0.6) is 0 Å². The molecule has 0 spiro atoms. The van der Waals surface area contributed by atoms with Gasteiger partial charge < -0.3 is 15.8 Å². The van der Waals surface area contributed by atoms with Gasteiger partial charge in [-0.05, 0) is 5.56 Å². The highest BCUT2D eigenvalue weighted by Gasteiger charge is 2.20. The van der Waals surface area contributed by atoms with E-state index in [4.69, 9.17) is 33.7 Å². The van der Waals surface area contributed by atoms with Crippen LogP contribution >= 0.6 is 23.2 Å². The number of hydrogen-bond donors (Lipinski definition) is 2. The van der Waals surface area contributed by atoms with E-state index in [0.29, 0.717) is 0 Å². The van der Waals surface area contributed by atoms with Gasteiger partial charge in [0.25, 0.3) is 0 Å². The number of nitrogens with one attached hydrogen (secondary N) is 1. The predicted octanol–water partition coefficient (Wildman–Crippen LogP) is 2.18. The molecular formula is C15H14Cl2N4O3. The molecule has 0 aliphatic heterocycles.